The van der Waals surface area contributed by atoms with Gasteiger partial charge in [-0.3, -0.25) is 4.79 Å². The minimum atomic E-state index is -1.92. The first-order chi connectivity index (χ1) is 7.52. The summed E-state index contributed by atoms with van der Waals surface area (Å²) in [4.78, 5) is 22.6. The second-order valence-electron chi connectivity index (χ2n) is 5.32. The average Bonchev–Trinajstić information content (AvgIpc) is 2.10. The van der Waals surface area contributed by atoms with E-state index in [0.29, 0.717) is 6.42 Å². The Morgan fingerprint density at radius 2 is 1.83 bits per heavy atom. The Morgan fingerprint density at radius 1 is 1.39 bits per heavy atom. The summed E-state index contributed by atoms with van der Waals surface area (Å²) >= 11 is 4.06. The Kier molecular flexibility index (Phi) is 8.15. The van der Waals surface area contributed by atoms with Crippen LogP contribution >= 0.6 is 25.0 Å². The Hall–Kier alpha value is -0.300. The molecule has 0 saturated carbocycles. The minimum absolute atomic E-state index is 0. The largest absolute Gasteiger partial charge is 0.550 e. The quantitative estimate of drug-likeness (QED) is 0.480. The molecule has 0 radical (unpaired) electrons. The molecule has 1 N–H and O–H groups in total. The van der Waals surface area contributed by atoms with Crippen molar-refractivity contribution in [1.82, 2.24) is 0 Å². The lowest BCUT2D eigenvalue weighted by Gasteiger charge is -2.35. The number of carbonyl (C=O) groups excluding carboxylic acids is 2. The molecular weight excluding hydrogens is 278 g/mol. The summed E-state index contributed by atoms with van der Waals surface area (Å²) in [5.41, 5.74) is -1.92. The third-order valence-electron chi connectivity index (χ3n) is 2.32. The van der Waals surface area contributed by atoms with Gasteiger partial charge in [-0.1, -0.05) is 6.92 Å². The number of aliphatic carboxylic acids is 1. The van der Waals surface area contributed by atoms with Crippen LogP contribution in [0.15, 0.2) is 0 Å². The summed E-state index contributed by atoms with van der Waals surface area (Å²) < 4.78 is 0.278. The van der Waals surface area contributed by atoms with Gasteiger partial charge in [-0.15, -0.1) is 12.4 Å². The van der Waals surface area contributed by atoms with Crippen LogP contribution in [0.4, 0.5) is 0 Å². The molecule has 108 valence electrons. The van der Waals surface area contributed by atoms with Crippen LogP contribution in [0.1, 0.15) is 19.8 Å². The molecule has 0 aromatic heterocycles. The van der Waals surface area contributed by atoms with Crippen LogP contribution in [0.25, 0.3) is 0 Å². The Bertz CT molecular complexity index is 306. The minimum Gasteiger partial charge on any atom is -0.550 e. The van der Waals surface area contributed by atoms with E-state index in [2.05, 4.69) is 12.6 Å². The molecule has 0 rings (SSSR count). The van der Waals surface area contributed by atoms with Gasteiger partial charge in [-0.2, -0.15) is 12.6 Å². The van der Waals surface area contributed by atoms with Gasteiger partial charge in [0.2, 0.25) is 0 Å². The van der Waals surface area contributed by atoms with Gasteiger partial charge >= 0.3 is 0 Å². The van der Waals surface area contributed by atoms with E-state index < -0.39 is 29.0 Å². The van der Waals surface area contributed by atoms with E-state index in [9.17, 15) is 19.8 Å². The summed E-state index contributed by atoms with van der Waals surface area (Å²) in [6.07, 6.45) is -0.257. The molecule has 0 aromatic carbocycles. The first-order valence-corrected chi connectivity index (χ1v) is 5.98. The summed E-state index contributed by atoms with van der Waals surface area (Å²) in [7, 11) is 5.31. The van der Waals surface area contributed by atoms with Crippen LogP contribution in [0.3, 0.4) is 0 Å². The van der Waals surface area contributed by atoms with Crippen molar-refractivity contribution in [1.29, 1.82) is 0 Å². The molecule has 0 heterocycles. The van der Waals surface area contributed by atoms with Crippen molar-refractivity contribution in [2.75, 3.05) is 27.7 Å². The SMILES string of the molecule is CCC(S)C(=O)C(O)(CC(=O)[O-])C[N+](C)(C)C.Cl. The fraction of sp³-hybridized carbons (Fsp3) is 0.818. The van der Waals surface area contributed by atoms with Crippen molar-refractivity contribution < 1.29 is 24.3 Å². The number of aliphatic hydroxyl groups is 1. The fourth-order valence-corrected chi connectivity index (χ4v) is 1.98. The van der Waals surface area contributed by atoms with Gasteiger partial charge in [0.15, 0.2) is 11.4 Å². The number of hydrogen-bond acceptors (Lipinski definition) is 5. The van der Waals surface area contributed by atoms with Gasteiger partial charge in [0.1, 0.15) is 6.54 Å². The molecule has 0 aliphatic rings. The third-order valence-corrected chi connectivity index (χ3v) is 2.92. The Balaban J connectivity index is 0. The van der Waals surface area contributed by atoms with E-state index in [1.54, 1.807) is 28.1 Å². The number of carboxylic acids is 1. The molecule has 7 heteroatoms. The Labute approximate surface area is 120 Å². The maximum Gasteiger partial charge on any atom is 0.183 e. The zero-order chi connectivity index (χ0) is 13.9. The van der Waals surface area contributed by atoms with Crippen molar-refractivity contribution in [2.24, 2.45) is 0 Å². The number of ketones is 1. The van der Waals surface area contributed by atoms with Gasteiger partial charge < -0.3 is 19.5 Å². The third kappa shape index (κ3) is 6.58. The molecule has 5 nitrogen and oxygen atoms in total. The van der Waals surface area contributed by atoms with Gasteiger partial charge in [0.25, 0.3) is 0 Å². The number of carboxylic acid groups (broad SMARTS) is 1. The lowest BCUT2D eigenvalue weighted by atomic mass is 9.90. The number of likely N-dealkylation sites (N-methyl/N-ethyl adjacent to an activating group) is 1. The van der Waals surface area contributed by atoms with Gasteiger partial charge in [-0.25, -0.2) is 0 Å². The van der Waals surface area contributed by atoms with Crippen LogP contribution in [0, 0.1) is 0 Å². The summed E-state index contributed by atoms with van der Waals surface area (Å²) in [5, 5.41) is 20.3. The predicted molar refractivity (Wildman–Crippen MR) is 72.8 cm³/mol. The van der Waals surface area contributed by atoms with Gasteiger partial charge in [0.05, 0.1) is 26.4 Å². The summed E-state index contributed by atoms with van der Waals surface area (Å²) in [6.45, 7) is 1.76. The topological polar surface area (TPSA) is 77.4 Å². The zero-order valence-corrected chi connectivity index (χ0v) is 12.9. The van der Waals surface area contributed by atoms with E-state index >= 15 is 0 Å². The molecule has 0 aromatic rings. The standard InChI is InChI=1S/C11H21NO4S.ClH/c1-5-8(17)10(15)11(16,6-9(13)14)7-12(2,3)4;/h8,16H,5-7H2,1-4H3,(H-,13,14,17);1H. The summed E-state index contributed by atoms with van der Waals surface area (Å²) in [6, 6.07) is 0. The van der Waals surface area contributed by atoms with Crippen molar-refractivity contribution in [3.63, 3.8) is 0 Å². The van der Waals surface area contributed by atoms with Crippen molar-refractivity contribution in [2.45, 2.75) is 30.6 Å². The molecule has 0 saturated heterocycles. The highest BCUT2D eigenvalue weighted by atomic mass is 35.5. The second-order valence-corrected chi connectivity index (χ2v) is 5.94. The Morgan fingerprint density at radius 3 is 2.11 bits per heavy atom. The number of thiol groups is 1. The van der Waals surface area contributed by atoms with Crippen LogP contribution < -0.4 is 5.11 Å². The maximum atomic E-state index is 12.0. The molecule has 2 unspecified atom stereocenters. The molecule has 0 aliphatic carbocycles. The molecule has 18 heavy (non-hydrogen) atoms. The van der Waals surface area contributed by atoms with Crippen molar-refractivity contribution >= 4 is 36.8 Å². The maximum absolute atomic E-state index is 12.0. The molecule has 0 spiro atoms. The van der Waals surface area contributed by atoms with Crippen LogP contribution in [-0.4, -0.2) is 59.9 Å². The lowest BCUT2D eigenvalue weighted by molar-refractivity contribution is -0.875. The molecule has 0 amide bonds. The summed E-state index contributed by atoms with van der Waals surface area (Å²) in [5.74, 6) is -1.99. The number of Topliss-reactive ketones (excluding diaryl/α,β-unsaturated/α-hetero) is 1. The second kappa shape index (κ2) is 7.33. The van der Waals surface area contributed by atoms with Crippen LogP contribution in [0.5, 0.6) is 0 Å². The highest BCUT2D eigenvalue weighted by Gasteiger charge is 2.43. The van der Waals surface area contributed by atoms with E-state index in [0.717, 1.165) is 0 Å². The first kappa shape index (κ1) is 20.0. The smallest absolute Gasteiger partial charge is 0.183 e. The number of hydrogen-bond donors (Lipinski definition) is 2. The number of carbonyl (C=O) groups is 2. The number of quaternary nitrogens is 1. The molecular formula is C11H22ClNO4S. The highest BCUT2D eigenvalue weighted by Crippen LogP contribution is 2.20. The molecule has 0 fully saturated rings. The molecule has 0 aliphatic heterocycles. The van der Waals surface area contributed by atoms with E-state index in [1.165, 1.54) is 0 Å². The van der Waals surface area contributed by atoms with Crippen LogP contribution in [0.2, 0.25) is 0 Å². The zero-order valence-electron chi connectivity index (χ0n) is 11.2. The highest BCUT2D eigenvalue weighted by molar-refractivity contribution is 7.81. The van der Waals surface area contributed by atoms with E-state index in [4.69, 9.17) is 0 Å². The van der Waals surface area contributed by atoms with E-state index in [-0.39, 0.29) is 23.4 Å². The van der Waals surface area contributed by atoms with E-state index in [1.807, 2.05) is 0 Å². The monoisotopic (exact) mass is 299 g/mol. The number of halogens is 1. The first-order valence-electron chi connectivity index (χ1n) is 5.47. The molecule has 2 atom stereocenters. The van der Waals surface area contributed by atoms with Crippen molar-refractivity contribution in [3.05, 3.63) is 0 Å². The normalized spacial score (nSPS) is 16.3. The fourth-order valence-electron chi connectivity index (χ4n) is 1.74. The van der Waals surface area contributed by atoms with Gasteiger partial charge in [0, 0.05) is 12.4 Å². The number of nitrogens with zero attached hydrogens (tertiary/aromatic N) is 1. The predicted octanol–water partition coefficient (Wildman–Crippen LogP) is -0.737. The molecule has 0 bridgehead atoms. The number of rotatable bonds is 7. The lowest BCUT2D eigenvalue weighted by Crippen LogP contribution is -2.57. The van der Waals surface area contributed by atoms with Crippen molar-refractivity contribution in [3.8, 4) is 0 Å². The van der Waals surface area contributed by atoms with Gasteiger partial charge in [-0.05, 0) is 6.42 Å². The average molecular weight is 300 g/mol. The van der Waals surface area contributed by atoms with Crippen LogP contribution in [-0.2, 0) is 9.59 Å².